The molecular formula is C21H34. The Kier molecular flexibility index (Phi) is 4.10. The second-order valence-electron chi connectivity index (χ2n) is 8.86. The van der Waals surface area contributed by atoms with Crippen molar-refractivity contribution in [1.29, 1.82) is 0 Å². The third-order valence-electron chi connectivity index (χ3n) is 7.37. The summed E-state index contributed by atoms with van der Waals surface area (Å²) in [5.41, 5.74) is 3.04. The van der Waals surface area contributed by atoms with Gasteiger partial charge in [0.05, 0.1) is 0 Å². The molecule has 0 heterocycles. The molecule has 0 radical (unpaired) electrons. The topological polar surface area (TPSA) is 0 Å². The molecule has 0 spiro atoms. The van der Waals surface area contributed by atoms with Crippen molar-refractivity contribution in [1.82, 2.24) is 0 Å². The predicted octanol–water partition coefficient (Wildman–Crippen LogP) is 6.82. The second kappa shape index (κ2) is 5.60. The Bertz CT molecular complexity index is 427. The molecule has 3 rings (SSSR count). The van der Waals surface area contributed by atoms with Crippen LogP contribution in [0.4, 0.5) is 0 Å². The zero-order chi connectivity index (χ0) is 15.0. The Morgan fingerprint density at radius 3 is 1.86 bits per heavy atom. The van der Waals surface area contributed by atoms with Crippen molar-refractivity contribution < 1.29 is 0 Å². The lowest BCUT2D eigenvalue weighted by atomic mass is 9.55. The molecule has 0 N–H and O–H groups in total. The summed E-state index contributed by atoms with van der Waals surface area (Å²) in [5.74, 6) is 0. The molecule has 3 aliphatic carbocycles. The number of hydrogen-bond acceptors (Lipinski definition) is 0. The maximum atomic E-state index is 2.62. The van der Waals surface area contributed by atoms with Crippen LogP contribution in [0, 0.1) is 16.2 Å². The quantitative estimate of drug-likeness (QED) is 0.522. The molecular weight excluding hydrogens is 252 g/mol. The summed E-state index contributed by atoms with van der Waals surface area (Å²) in [5, 5.41) is 0. The maximum Gasteiger partial charge on any atom is -0.00549 e. The zero-order valence-electron chi connectivity index (χ0n) is 14.5. The van der Waals surface area contributed by atoms with Crippen LogP contribution in [0.3, 0.4) is 0 Å². The molecule has 118 valence electrons. The molecule has 0 aromatic rings. The van der Waals surface area contributed by atoms with E-state index >= 15 is 0 Å². The van der Waals surface area contributed by atoms with E-state index in [-0.39, 0.29) is 0 Å². The number of rotatable bonds is 2. The summed E-state index contributed by atoms with van der Waals surface area (Å²) >= 11 is 0. The van der Waals surface area contributed by atoms with Crippen LogP contribution >= 0.6 is 0 Å². The van der Waals surface area contributed by atoms with Crippen LogP contribution in [-0.2, 0) is 0 Å². The van der Waals surface area contributed by atoms with Gasteiger partial charge in [-0.3, -0.25) is 0 Å². The lowest BCUT2D eigenvalue weighted by Crippen LogP contribution is -2.39. The standard InChI is InChI=1S/C21H34/c1-19(12-6-4-7-13-19)18-10-16-21(3,17-11-18)20(2)14-8-5-9-15-20/h10-11,16H,4-9,12-15,17H2,1-3H3. The van der Waals surface area contributed by atoms with Gasteiger partial charge in [0.2, 0.25) is 0 Å². The van der Waals surface area contributed by atoms with E-state index in [4.69, 9.17) is 0 Å². The SMILES string of the molecule is CC1(C2=CCC(C)(C3(C)CCCCC3)C=C2)CCCCC1. The first kappa shape index (κ1) is 15.4. The van der Waals surface area contributed by atoms with E-state index in [1.54, 1.807) is 5.57 Å². The molecule has 21 heavy (non-hydrogen) atoms. The molecule has 1 unspecified atom stereocenters. The van der Waals surface area contributed by atoms with Gasteiger partial charge in [0.25, 0.3) is 0 Å². The molecule has 1 atom stereocenters. The van der Waals surface area contributed by atoms with Gasteiger partial charge in [0.1, 0.15) is 0 Å². The molecule has 2 fully saturated rings. The van der Waals surface area contributed by atoms with E-state index in [2.05, 4.69) is 39.0 Å². The summed E-state index contributed by atoms with van der Waals surface area (Å²) in [7, 11) is 0. The lowest BCUT2D eigenvalue weighted by molar-refractivity contribution is 0.0690. The van der Waals surface area contributed by atoms with Crippen molar-refractivity contribution in [3.05, 3.63) is 23.8 Å². The fourth-order valence-electron chi connectivity index (χ4n) is 5.15. The van der Waals surface area contributed by atoms with Gasteiger partial charge in [-0.25, -0.2) is 0 Å². The minimum absolute atomic E-state index is 0.391. The molecule has 0 amide bonds. The van der Waals surface area contributed by atoms with Crippen molar-refractivity contribution in [2.75, 3.05) is 0 Å². The minimum atomic E-state index is 0.391. The van der Waals surface area contributed by atoms with Crippen molar-refractivity contribution in [2.45, 2.75) is 91.4 Å². The van der Waals surface area contributed by atoms with Gasteiger partial charge in [-0.05, 0) is 53.9 Å². The highest BCUT2D eigenvalue weighted by atomic mass is 14.5. The van der Waals surface area contributed by atoms with Crippen LogP contribution in [0.1, 0.15) is 91.4 Å². The van der Waals surface area contributed by atoms with Crippen LogP contribution in [0.2, 0.25) is 0 Å². The highest BCUT2D eigenvalue weighted by Gasteiger charge is 2.44. The molecule has 2 saturated carbocycles. The molecule has 0 nitrogen and oxygen atoms in total. The van der Waals surface area contributed by atoms with Crippen molar-refractivity contribution in [2.24, 2.45) is 16.2 Å². The van der Waals surface area contributed by atoms with Gasteiger partial charge in [-0.1, -0.05) is 77.5 Å². The maximum absolute atomic E-state index is 2.62. The zero-order valence-corrected chi connectivity index (χ0v) is 14.5. The Labute approximate surface area is 132 Å². The first-order chi connectivity index (χ1) is 9.98. The normalized spacial score (nSPS) is 35.3. The van der Waals surface area contributed by atoms with Gasteiger partial charge < -0.3 is 0 Å². The highest BCUT2D eigenvalue weighted by molar-refractivity contribution is 5.33. The van der Waals surface area contributed by atoms with Gasteiger partial charge in [0.15, 0.2) is 0 Å². The van der Waals surface area contributed by atoms with E-state index < -0.39 is 0 Å². The predicted molar refractivity (Wildman–Crippen MR) is 92.3 cm³/mol. The second-order valence-corrected chi connectivity index (χ2v) is 8.86. The minimum Gasteiger partial charge on any atom is -0.0799 e. The Hall–Kier alpha value is -0.520. The molecule has 3 aliphatic rings. The Balaban J connectivity index is 1.75. The number of hydrogen-bond donors (Lipinski definition) is 0. The average molecular weight is 287 g/mol. The van der Waals surface area contributed by atoms with Gasteiger partial charge in [-0.15, -0.1) is 0 Å². The average Bonchev–Trinajstić information content (AvgIpc) is 2.49. The van der Waals surface area contributed by atoms with E-state index in [1.165, 1.54) is 70.6 Å². The van der Waals surface area contributed by atoms with Crippen LogP contribution in [0.25, 0.3) is 0 Å². The largest absolute Gasteiger partial charge is 0.0799 e. The van der Waals surface area contributed by atoms with E-state index in [9.17, 15) is 0 Å². The first-order valence-corrected chi connectivity index (χ1v) is 9.38. The lowest BCUT2D eigenvalue weighted by Gasteiger charge is -2.49. The van der Waals surface area contributed by atoms with Crippen LogP contribution in [-0.4, -0.2) is 0 Å². The molecule has 0 aromatic heterocycles. The van der Waals surface area contributed by atoms with Crippen LogP contribution in [0.15, 0.2) is 23.8 Å². The van der Waals surface area contributed by atoms with E-state index in [1.807, 2.05) is 0 Å². The Morgan fingerprint density at radius 2 is 1.33 bits per heavy atom. The molecule has 0 bridgehead atoms. The van der Waals surface area contributed by atoms with E-state index in [0.29, 0.717) is 16.2 Å². The molecule has 0 aliphatic heterocycles. The monoisotopic (exact) mass is 286 g/mol. The van der Waals surface area contributed by atoms with Crippen LogP contribution in [0.5, 0.6) is 0 Å². The summed E-state index contributed by atoms with van der Waals surface area (Å²) < 4.78 is 0. The third-order valence-corrected chi connectivity index (χ3v) is 7.37. The van der Waals surface area contributed by atoms with Gasteiger partial charge >= 0.3 is 0 Å². The molecule has 0 heteroatoms. The summed E-state index contributed by atoms with van der Waals surface area (Å²) in [6, 6.07) is 0. The summed E-state index contributed by atoms with van der Waals surface area (Å²) in [4.78, 5) is 0. The Morgan fingerprint density at radius 1 is 0.762 bits per heavy atom. The van der Waals surface area contributed by atoms with Gasteiger partial charge in [-0.2, -0.15) is 0 Å². The fraction of sp³-hybridized carbons (Fsp3) is 0.810. The third kappa shape index (κ3) is 2.76. The summed E-state index contributed by atoms with van der Waals surface area (Å²) in [6.07, 6.45) is 23.3. The highest BCUT2D eigenvalue weighted by Crippen LogP contribution is 2.55. The molecule has 0 aromatic carbocycles. The fourth-order valence-corrected chi connectivity index (χ4v) is 5.15. The van der Waals surface area contributed by atoms with Crippen molar-refractivity contribution >= 4 is 0 Å². The van der Waals surface area contributed by atoms with E-state index in [0.717, 1.165) is 0 Å². The smallest absolute Gasteiger partial charge is 0.00549 e. The van der Waals surface area contributed by atoms with Gasteiger partial charge in [0, 0.05) is 0 Å². The number of allylic oxidation sites excluding steroid dienone is 4. The van der Waals surface area contributed by atoms with Crippen molar-refractivity contribution in [3.63, 3.8) is 0 Å². The van der Waals surface area contributed by atoms with Crippen LogP contribution < -0.4 is 0 Å². The first-order valence-electron chi connectivity index (χ1n) is 9.38. The van der Waals surface area contributed by atoms with Crippen molar-refractivity contribution in [3.8, 4) is 0 Å². The molecule has 0 saturated heterocycles. The summed E-state index contributed by atoms with van der Waals surface area (Å²) in [6.45, 7) is 7.58.